The lowest BCUT2D eigenvalue weighted by atomic mass is 10.0. The van der Waals surface area contributed by atoms with E-state index in [1.54, 1.807) is 19.1 Å². The van der Waals surface area contributed by atoms with Gasteiger partial charge in [-0.1, -0.05) is 36.5 Å². The summed E-state index contributed by atoms with van der Waals surface area (Å²) < 4.78 is 15.1. The van der Waals surface area contributed by atoms with Crippen LogP contribution >= 0.6 is 11.3 Å². The molecule has 9 nitrogen and oxygen atoms in total. The number of urea groups is 1. The number of para-hydroxylation sites is 2. The van der Waals surface area contributed by atoms with Crippen LogP contribution in [0.4, 0.5) is 14.3 Å². The minimum atomic E-state index is -1.07. The lowest BCUT2D eigenvalue weighted by molar-refractivity contribution is -0.123. The van der Waals surface area contributed by atoms with Gasteiger partial charge in [-0.25, -0.2) is 19.2 Å². The normalized spacial score (nSPS) is 17.5. The Balaban J connectivity index is 1.36. The first-order chi connectivity index (χ1) is 17.9. The number of amides is 3. The van der Waals surface area contributed by atoms with Crippen LogP contribution in [0.2, 0.25) is 0 Å². The second-order valence-corrected chi connectivity index (χ2v) is 10.3. The number of thiazole rings is 1. The van der Waals surface area contributed by atoms with Crippen LogP contribution in [0.5, 0.6) is 0 Å². The number of carbonyl (C=O) groups excluding carboxylic acids is 2. The Morgan fingerprint density at radius 1 is 1.16 bits per heavy atom. The molecule has 3 amide bonds. The zero-order valence-electron chi connectivity index (χ0n) is 20.8. The van der Waals surface area contributed by atoms with Crippen molar-refractivity contribution in [2.45, 2.75) is 57.8 Å². The fourth-order valence-electron chi connectivity index (χ4n) is 4.71. The molecule has 11 heteroatoms. The maximum Gasteiger partial charge on any atom is 0.319 e. The Bertz CT molecular complexity index is 1390. The number of anilines is 1. The summed E-state index contributed by atoms with van der Waals surface area (Å²) in [6.07, 6.45) is 2.76. The van der Waals surface area contributed by atoms with Crippen molar-refractivity contribution in [2.75, 3.05) is 11.9 Å². The van der Waals surface area contributed by atoms with Gasteiger partial charge in [0, 0.05) is 12.6 Å². The number of imidazole rings is 1. The highest BCUT2D eigenvalue weighted by Crippen LogP contribution is 2.26. The third kappa shape index (κ3) is 5.36. The molecule has 1 aliphatic heterocycles. The first-order valence-electron chi connectivity index (χ1n) is 12.6. The maximum absolute atomic E-state index is 14.1. The number of aromatic nitrogens is 3. The van der Waals surface area contributed by atoms with E-state index < -0.39 is 23.9 Å². The van der Waals surface area contributed by atoms with Crippen molar-refractivity contribution in [3.05, 3.63) is 54.1 Å². The van der Waals surface area contributed by atoms with Crippen molar-refractivity contribution >= 4 is 49.7 Å². The summed E-state index contributed by atoms with van der Waals surface area (Å²) in [6.45, 7) is 4.47. The SMILES string of the molecule is CC[C@H]1CCCCN1C(=O)N[C@H](Nc1nc2ccccc2s1)C(=O)N[C@@H](C)c1nc2c(F)cccc2[nH]1. The Labute approximate surface area is 217 Å². The van der Waals surface area contributed by atoms with Crippen LogP contribution in [-0.2, 0) is 4.79 Å². The molecule has 2 aromatic carbocycles. The van der Waals surface area contributed by atoms with Gasteiger partial charge in [0.15, 0.2) is 17.1 Å². The number of nitrogens with one attached hydrogen (secondary N) is 4. The summed E-state index contributed by atoms with van der Waals surface area (Å²) in [5.74, 6) is -0.472. The fourth-order valence-corrected chi connectivity index (χ4v) is 5.60. The van der Waals surface area contributed by atoms with Gasteiger partial charge in [0.2, 0.25) is 0 Å². The molecule has 4 N–H and O–H groups in total. The number of carbonyl (C=O) groups is 2. The van der Waals surface area contributed by atoms with E-state index in [2.05, 4.69) is 37.8 Å². The maximum atomic E-state index is 14.1. The van der Waals surface area contributed by atoms with Crippen LogP contribution < -0.4 is 16.0 Å². The number of halogens is 1. The average molecular weight is 524 g/mol. The second-order valence-electron chi connectivity index (χ2n) is 9.25. The van der Waals surface area contributed by atoms with E-state index in [9.17, 15) is 14.0 Å². The van der Waals surface area contributed by atoms with Gasteiger partial charge in [0.25, 0.3) is 5.91 Å². The molecular weight excluding hydrogens is 493 g/mol. The van der Waals surface area contributed by atoms with Crippen molar-refractivity contribution in [3.63, 3.8) is 0 Å². The third-order valence-corrected chi connectivity index (χ3v) is 7.67. The van der Waals surface area contributed by atoms with Gasteiger partial charge < -0.3 is 25.8 Å². The molecule has 1 saturated heterocycles. The van der Waals surface area contributed by atoms with Crippen molar-refractivity contribution < 1.29 is 14.0 Å². The van der Waals surface area contributed by atoms with Crippen molar-refractivity contribution in [1.29, 1.82) is 0 Å². The Morgan fingerprint density at radius 3 is 2.78 bits per heavy atom. The smallest absolute Gasteiger partial charge is 0.319 e. The van der Waals surface area contributed by atoms with Gasteiger partial charge in [-0.15, -0.1) is 0 Å². The molecule has 5 rings (SSSR count). The number of aromatic amines is 1. The number of H-pyrrole nitrogens is 1. The number of nitrogens with zero attached hydrogens (tertiary/aromatic N) is 3. The predicted octanol–water partition coefficient (Wildman–Crippen LogP) is 4.90. The first-order valence-corrected chi connectivity index (χ1v) is 13.4. The molecule has 0 radical (unpaired) electrons. The van der Waals surface area contributed by atoms with Crippen LogP contribution in [0.15, 0.2) is 42.5 Å². The Hall–Kier alpha value is -3.73. The summed E-state index contributed by atoms with van der Waals surface area (Å²) in [7, 11) is 0. The Morgan fingerprint density at radius 2 is 2.00 bits per heavy atom. The third-order valence-electron chi connectivity index (χ3n) is 6.70. The summed E-state index contributed by atoms with van der Waals surface area (Å²) in [4.78, 5) is 40.5. The van der Waals surface area contributed by atoms with Crippen LogP contribution in [0.1, 0.15) is 51.4 Å². The van der Waals surface area contributed by atoms with Gasteiger partial charge in [-0.05, 0) is 56.9 Å². The van der Waals surface area contributed by atoms with E-state index in [1.165, 1.54) is 17.4 Å². The highest BCUT2D eigenvalue weighted by atomic mass is 32.1. The largest absolute Gasteiger partial charge is 0.343 e. The van der Waals surface area contributed by atoms with E-state index in [-0.39, 0.29) is 17.6 Å². The van der Waals surface area contributed by atoms with E-state index in [4.69, 9.17) is 0 Å². The summed E-state index contributed by atoms with van der Waals surface area (Å²) in [5.41, 5.74) is 1.57. The number of benzene rings is 2. The zero-order valence-corrected chi connectivity index (χ0v) is 21.6. The number of hydrogen-bond acceptors (Lipinski definition) is 6. The standard InChI is InChI=1S/C26H30FN7O2S/c1-3-16-9-6-7-14-34(16)26(36)33-23(32-25-30-18-11-4-5-13-20(18)37-25)24(35)28-15(2)22-29-19-12-8-10-17(27)21(19)31-22/h4-5,8,10-13,15-16,23H,3,6-7,9,14H2,1-2H3,(H,28,35)(H,29,31)(H,30,32)(H,33,36)/t15-,16-,23-/m0/s1. The van der Waals surface area contributed by atoms with Gasteiger partial charge in [-0.3, -0.25) is 4.79 Å². The molecule has 0 bridgehead atoms. The summed E-state index contributed by atoms with van der Waals surface area (Å²) >= 11 is 1.40. The van der Waals surface area contributed by atoms with Gasteiger partial charge in [0.05, 0.1) is 21.8 Å². The lowest BCUT2D eigenvalue weighted by Crippen LogP contribution is -2.57. The Kier molecular flexibility index (Phi) is 7.22. The predicted molar refractivity (Wildman–Crippen MR) is 143 cm³/mol. The number of likely N-dealkylation sites (tertiary alicyclic amines) is 1. The molecule has 0 unspecified atom stereocenters. The quantitative estimate of drug-likeness (QED) is 0.257. The van der Waals surface area contributed by atoms with Gasteiger partial charge >= 0.3 is 6.03 Å². The van der Waals surface area contributed by atoms with Crippen molar-refractivity contribution in [3.8, 4) is 0 Å². The molecule has 37 heavy (non-hydrogen) atoms. The molecule has 1 fully saturated rings. The minimum absolute atomic E-state index is 0.143. The van der Waals surface area contributed by atoms with E-state index in [0.29, 0.717) is 23.0 Å². The number of hydrogen-bond donors (Lipinski definition) is 4. The highest BCUT2D eigenvalue weighted by Gasteiger charge is 2.30. The van der Waals surface area contributed by atoms with Gasteiger partial charge in [-0.2, -0.15) is 0 Å². The van der Waals surface area contributed by atoms with Crippen LogP contribution in [0, 0.1) is 5.82 Å². The molecular formula is C26H30FN7O2S. The highest BCUT2D eigenvalue weighted by molar-refractivity contribution is 7.22. The molecule has 3 heterocycles. The second kappa shape index (κ2) is 10.7. The topological polar surface area (TPSA) is 115 Å². The number of fused-ring (bicyclic) bond motifs is 2. The van der Waals surface area contributed by atoms with Crippen molar-refractivity contribution in [2.24, 2.45) is 0 Å². The molecule has 3 atom stereocenters. The zero-order chi connectivity index (χ0) is 25.9. The van der Waals surface area contributed by atoms with Crippen LogP contribution in [0.25, 0.3) is 21.3 Å². The minimum Gasteiger partial charge on any atom is -0.343 e. The molecule has 4 aromatic rings. The molecule has 0 saturated carbocycles. The van der Waals surface area contributed by atoms with Crippen LogP contribution in [-0.4, -0.2) is 50.5 Å². The molecule has 2 aromatic heterocycles. The summed E-state index contributed by atoms with van der Waals surface area (Å²) in [6, 6.07) is 11.6. The summed E-state index contributed by atoms with van der Waals surface area (Å²) in [5, 5.41) is 9.40. The fraction of sp³-hybridized carbons (Fsp3) is 0.385. The van der Waals surface area contributed by atoms with Crippen molar-refractivity contribution in [1.82, 2.24) is 30.5 Å². The van der Waals surface area contributed by atoms with E-state index >= 15 is 0 Å². The number of piperidine rings is 1. The van der Waals surface area contributed by atoms with E-state index in [1.807, 2.05) is 29.2 Å². The monoisotopic (exact) mass is 523 g/mol. The van der Waals surface area contributed by atoms with Gasteiger partial charge in [0.1, 0.15) is 11.3 Å². The first kappa shape index (κ1) is 24.9. The average Bonchev–Trinajstić information content (AvgIpc) is 3.53. The molecule has 0 spiro atoms. The number of rotatable bonds is 7. The lowest BCUT2D eigenvalue weighted by Gasteiger charge is -2.36. The molecule has 194 valence electrons. The molecule has 0 aliphatic carbocycles. The molecule has 1 aliphatic rings. The van der Waals surface area contributed by atoms with E-state index in [0.717, 1.165) is 35.9 Å². The van der Waals surface area contributed by atoms with Crippen LogP contribution in [0.3, 0.4) is 0 Å².